The second-order valence-corrected chi connectivity index (χ2v) is 8.98. The van der Waals surface area contributed by atoms with Crippen molar-refractivity contribution in [2.75, 3.05) is 18.5 Å². The summed E-state index contributed by atoms with van der Waals surface area (Å²) >= 11 is 0. The van der Waals surface area contributed by atoms with E-state index in [2.05, 4.69) is 82.1 Å². The summed E-state index contributed by atoms with van der Waals surface area (Å²) in [6.45, 7) is 3.89. The molecule has 0 radical (unpaired) electrons. The van der Waals surface area contributed by atoms with Gasteiger partial charge in [-0.25, -0.2) is 9.78 Å². The highest BCUT2D eigenvalue weighted by Gasteiger charge is 2.08. The normalized spacial score (nSPS) is 11.1. The monoisotopic (exact) mass is 486 g/mol. The van der Waals surface area contributed by atoms with Crippen molar-refractivity contribution in [1.29, 1.82) is 0 Å². The topological polar surface area (TPSA) is 96.1 Å². The van der Waals surface area contributed by atoms with Crippen molar-refractivity contribution in [2.24, 2.45) is 0 Å². The van der Waals surface area contributed by atoms with E-state index in [0.29, 0.717) is 31.9 Å². The van der Waals surface area contributed by atoms with Gasteiger partial charge in [0.2, 0.25) is 5.95 Å². The number of rotatable bonds is 12. The Hall–Kier alpha value is -3.71. The highest BCUT2D eigenvalue weighted by Crippen LogP contribution is 2.29. The number of amides is 2. The Morgan fingerprint density at radius 1 is 0.944 bits per heavy atom. The number of ether oxygens (including phenoxy) is 1. The molecular weight excluding hydrogens is 452 g/mol. The van der Waals surface area contributed by atoms with E-state index in [1.165, 1.54) is 33.2 Å². The van der Waals surface area contributed by atoms with E-state index < -0.39 is 0 Å². The van der Waals surface area contributed by atoms with Crippen LogP contribution in [-0.4, -0.2) is 29.2 Å². The first-order valence-corrected chi connectivity index (χ1v) is 12.8. The Morgan fingerprint density at radius 3 is 2.39 bits per heavy atom. The second kappa shape index (κ2) is 12.8. The fourth-order valence-corrected chi connectivity index (χ4v) is 4.35. The van der Waals surface area contributed by atoms with Crippen LogP contribution < -0.4 is 16.2 Å². The Labute approximate surface area is 211 Å². The van der Waals surface area contributed by atoms with Crippen molar-refractivity contribution in [3.8, 4) is 0 Å². The molecule has 0 spiro atoms. The maximum absolute atomic E-state index is 12.0. The van der Waals surface area contributed by atoms with E-state index in [9.17, 15) is 9.59 Å². The van der Waals surface area contributed by atoms with Gasteiger partial charge in [-0.2, -0.15) is 0 Å². The lowest BCUT2D eigenvalue weighted by Crippen LogP contribution is -2.31. The first kappa shape index (κ1) is 25.4. The molecule has 0 saturated carbocycles. The first-order chi connectivity index (χ1) is 17.6. The van der Waals surface area contributed by atoms with Crippen LogP contribution in [0.5, 0.6) is 0 Å². The number of H-pyrrole nitrogens is 1. The largest absolute Gasteiger partial charge is 0.377 e. The minimum atomic E-state index is -0.361. The van der Waals surface area contributed by atoms with Gasteiger partial charge < -0.3 is 10.1 Å². The highest BCUT2D eigenvalue weighted by atomic mass is 16.5. The number of aryl methyl sites for hydroxylation is 1. The van der Waals surface area contributed by atoms with Crippen LogP contribution in [0.3, 0.4) is 0 Å². The molecule has 4 aromatic rings. The molecule has 0 aliphatic heterocycles. The number of benzene rings is 3. The van der Waals surface area contributed by atoms with Crippen LogP contribution in [0.1, 0.15) is 50.3 Å². The predicted octanol–water partition coefficient (Wildman–Crippen LogP) is 5.93. The fourth-order valence-electron chi connectivity index (χ4n) is 4.35. The van der Waals surface area contributed by atoms with Gasteiger partial charge in [-0.05, 0) is 58.9 Å². The number of hydrogen-bond acceptors (Lipinski definition) is 4. The molecule has 7 nitrogen and oxygen atoms in total. The van der Waals surface area contributed by atoms with Crippen molar-refractivity contribution in [3.63, 3.8) is 0 Å². The molecule has 1 heterocycles. The molecule has 3 aromatic carbocycles. The number of nitrogens with zero attached hydrogens (tertiary/aromatic N) is 1. The summed E-state index contributed by atoms with van der Waals surface area (Å²) in [4.78, 5) is 30.8. The zero-order valence-electron chi connectivity index (χ0n) is 20.8. The van der Waals surface area contributed by atoms with Gasteiger partial charge in [0, 0.05) is 24.9 Å². The summed E-state index contributed by atoms with van der Waals surface area (Å²) in [7, 11) is 0. The van der Waals surface area contributed by atoms with Crippen LogP contribution in [0.15, 0.2) is 65.5 Å². The molecule has 0 fully saturated rings. The lowest BCUT2D eigenvalue weighted by atomic mass is 9.97. The minimum Gasteiger partial charge on any atom is -0.377 e. The third-order valence-corrected chi connectivity index (χ3v) is 6.19. The van der Waals surface area contributed by atoms with Gasteiger partial charge in [0.05, 0.1) is 6.61 Å². The molecule has 7 heteroatoms. The fraction of sp³-hybridized carbons (Fsp3) is 0.345. The van der Waals surface area contributed by atoms with Crippen LogP contribution in [0.25, 0.3) is 21.5 Å². The highest BCUT2D eigenvalue weighted by molar-refractivity contribution is 6.02. The third-order valence-electron chi connectivity index (χ3n) is 6.19. The predicted molar refractivity (Wildman–Crippen MR) is 145 cm³/mol. The van der Waals surface area contributed by atoms with Gasteiger partial charge >= 0.3 is 6.03 Å². The van der Waals surface area contributed by atoms with E-state index in [-0.39, 0.29) is 17.5 Å². The zero-order valence-corrected chi connectivity index (χ0v) is 20.8. The maximum Gasteiger partial charge on any atom is 0.321 e. The molecule has 36 heavy (non-hydrogen) atoms. The number of fused-ring (bicyclic) bond motifs is 2. The number of aromatic amines is 1. The minimum absolute atomic E-state index is 0.178. The molecular formula is C29H34N4O3. The molecule has 0 bridgehead atoms. The average molecular weight is 487 g/mol. The summed E-state index contributed by atoms with van der Waals surface area (Å²) < 4.78 is 6.09. The summed E-state index contributed by atoms with van der Waals surface area (Å²) in [6.07, 6.45) is 5.35. The van der Waals surface area contributed by atoms with Crippen molar-refractivity contribution >= 4 is 33.5 Å². The van der Waals surface area contributed by atoms with E-state index >= 15 is 0 Å². The number of carbonyl (C=O) groups excluding carboxylic acids is 1. The number of carbonyl (C=O) groups is 1. The molecule has 4 rings (SSSR count). The van der Waals surface area contributed by atoms with Gasteiger partial charge in [-0.15, -0.1) is 0 Å². The second-order valence-electron chi connectivity index (χ2n) is 8.98. The van der Waals surface area contributed by atoms with Gasteiger partial charge in [0.1, 0.15) is 0 Å². The van der Waals surface area contributed by atoms with Gasteiger partial charge in [0.25, 0.3) is 5.56 Å². The number of hydrogen-bond donors (Lipinski definition) is 3. The Morgan fingerprint density at radius 2 is 1.67 bits per heavy atom. The van der Waals surface area contributed by atoms with E-state index in [0.717, 1.165) is 32.1 Å². The van der Waals surface area contributed by atoms with Crippen molar-refractivity contribution in [3.05, 3.63) is 82.3 Å². The summed E-state index contributed by atoms with van der Waals surface area (Å²) in [5, 5.41) is 10.3. The lowest BCUT2D eigenvalue weighted by molar-refractivity contribution is 0.118. The number of unbranched alkanes of at least 4 members (excludes halogenated alkanes) is 3. The van der Waals surface area contributed by atoms with E-state index in [1.807, 2.05) is 0 Å². The first-order valence-electron chi connectivity index (χ1n) is 12.8. The van der Waals surface area contributed by atoms with Gasteiger partial charge in [-0.1, -0.05) is 68.3 Å². The van der Waals surface area contributed by atoms with Crippen LogP contribution in [0, 0.1) is 0 Å². The summed E-state index contributed by atoms with van der Waals surface area (Å²) in [5.74, 6) is 0.178. The SMILES string of the molecule is CCCCNC(=O)Nc1nc(CCCCCOCc2c3ccccc3cc3ccccc23)cc(=O)[nH]1. The van der Waals surface area contributed by atoms with Crippen LogP contribution in [0.2, 0.25) is 0 Å². The number of nitrogens with one attached hydrogen (secondary N) is 3. The van der Waals surface area contributed by atoms with E-state index in [4.69, 9.17) is 4.74 Å². The molecule has 3 N–H and O–H groups in total. The molecule has 0 atom stereocenters. The summed E-state index contributed by atoms with van der Waals surface area (Å²) in [5.41, 5.74) is 1.63. The number of urea groups is 1. The molecule has 1 aromatic heterocycles. The Kier molecular flexibility index (Phi) is 9.05. The van der Waals surface area contributed by atoms with Crippen molar-refractivity contribution in [2.45, 2.75) is 52.1 Å². The number of anilines is 1. The molecule has 0 aliphatic carbocycles. The molecule has 0 aliphatic rings. The third kappa shape index (κ3) is 6.92. The van der Waals surface area contributed by atoms with Crippen LogP contribution in [0.4, 0.5) is 10.7 Å². The molecule has 0 unspecified atom stereocenters. The lowest BCUT2D eigenvalue weighted by Gasteiger charge is -2.12. The van der Waals surface area contributed by atoms with Crippen LogP contribution >= 0.6 is 0 Å². The van der Waals surface area contributed by atoms with Crippen LogP contribution in [-0.2, 0) is 17.8 Å². The molecule has 188 valence electrons. The maximum atomic E-state index is 12.0. The van der Waals surface area contributed by atoms with Crippen molar-refractivity contribution < 1.29 is 9.53 Å². The summed E-state index contributed by atoms with van der Waals surface area (Å²) in [6, 6.07) is 20.3. The van der Waals surface area contributed by atoms with Gasteiger partial charge in [-0.3, -0.25) is 15.1 Å². The smallest absolute Gasteiger partial charge is 0.321 e. The molecule has 2 amide bonds. The number of aromatic nitrogens is 2. The quantitative estimate of drug-likeness (QED) is 0.171. The van der Waals surface area contributed by atoms with Crippen molar-refractivity contribution in [1.82, 2.24) is 15.3 Å². The average Bonchev–Trinajstić information content (AvgIpc) is 2.87. The molecule has 0 saturated heterocycles. The zero-order chi connectivity index (χ0) is 25.2. The standard InChI is InChI=1S/C29H34N4O3/c1-2-3-16-30-29(35)33-28-31-23(19-27(34)32-28)13-5-4-10-17-36-20-26-24-14-8-6-11-21(24)18-22-12-7-9-15-25(22)26/h6-9,11-12,14-15,18-19H,2-5,10,13,16-17,20H2,1H3,(H3,30,31,32,33,34,35). The Bertz CT molecular complexity index is 1310. The van der Waals surface area contributed by atoms with E-state index in [1.54, 1.807) is 0 Å². The van der Waals surface area contributed by atoms with Gasteiger partial charge in [0.15, 0.2) is 0 Å². The Balaban J connectivity index is 1.24.